The lowest BCUT2D eigenvalue weighted by Crippen LogP contribution is -2.01. The SMILES string of the molecule is CC(=O)c1cc(Cl)ccc1OCc1cccc(C)c1. The van der Waals surface area contributed by atoms with Crippen LogP contribution in [0.2, 0.25) is 5.02 Å². The van der Waals surface area contributed by atoms with Crippen LogP contribution in [-0.2, 0) is 6.61 Å². The summed E-state index contributed by atoms with van der Waals surface area (Å²) in [5.41, 5.74) is 2.77. The maximum absolute atomic E-state index is 11.5. The molecule has 0 fully saturated rings. The van der Waals surface area contributed by atoms with E-state index in [1.165, 1.54) is 12.5 Å². The first kappa shape index (κ1) is 13.6. The Labute approximate surface area is 118 Å². The number of Topliss-reactive ketones (excluding diaryl/α,β-unsaturated/α-hetero) is 1. The summed E-state index contributed by atoms with van der Waals surface area (Å²) in [6.07, 6.45) is 0. The molecule has 0 aromatic heterocycles. The third-order valence-corrected chi connectivity index (χ3v) is 3.03. The van der Waals surface area contributed by atoms with Gasteiger partial charge in [0.1, 0.15) is 12.4 Å². The van der Waals surface area contributed by atoms with Gasteiger partial charge in [0.25, 0.3) is 0 Å². The van der Waals surface area contributed by atoms with Gasteiger partial charge in [-0.3, -0.25) is 4.79 Å². The highest BCUT2D eigenvalue weighted by Crippen LogP contribution is 2.24. The topological polar surface area (TPSA) is 26.3 Å². The first-order valence-corrected chi connectivity index (χ1v) is 6.43. The summed E-state index contributed by atoms with van der Waals surface area (Å²) in [5, 5.41) is 0.535. The summed E-state index contributed by atoms with van der Waals surface area (Å²) >= 11 is 5.89. The van der Waals surface area contributed by atoms with E-state index in [4.69, 9.17) is 16.3 Å². The Bertz CT molecular complexity index is 605. The van der Waals surface area contributed by atoms with Crippen LogP contribution in [0, 0.1) is 6.92 Å². The van der Waals surface area contributed by atoms with E-state index >= 15 is 0 Å². The van der Waals surface area contributed by atoms with Crippen LogP contribution < -0.4 is 4.74 Å². The predicted molar refractivity (Wildman–Crippen MR) is 77.0 cm³/mol. The maximum atomic E-state index is 11.5. The molecule has 0 amide bonds. The molecule has 0 radical (unpaired) electrons. The lowest BCUT2D eigenvalue weighted by Gasteiger charge is -2.10. The van der Waals surface area contributed by atoms with Gasteiger partial charge in [-0.25, -0.2) is 0 Å². The normalized spacial score (nSPS) is 10.3. The third-order valence-electron chi connectivity index (χ3n) is 2.80. The monoisotopic (exact) mass is 274 g/mol. The van der Waals surface area contributed by atoms with Crippen molar-refractivity contribution in [3.8, 4) is 5.75 Å². The molecule has 0 spiro atoms. The lowest BCUT2D eigenvalue weighted by atomic mass is 10.1. The Morgan fingerprint density at radius 3 is 2.68 bits per heavy atom. The van der Waals surface area contributed by atoms with Gasteiger partial charge in [-0.1, -0.05) is 41.4 Å². The maximum Gasteiger partial charge on any atom is 0.163 e. The standard InChI is InChI=1S/C16H15ClO2/c1-11-4-3-5-13(8-11)10-19-16-7-6-14(17)9-15(16)12(2)18/h3-9H,10H2,1-2H3. The average molecular weight is 275 g/mol. The smallest absolute Gasteiger partial charge is 0.163 e. The second-order valence-corrected chi connectivity index (χ2v) is 4.91. The van der Waals surface area contributed by atoms with Gasteiger partial charge < -0.3 is 4.74 Å². The van der Waals surface area contributed by atoms with Crippen molar-refractivity contribution in [3.63, 3.8) is 0 Å². The number of aryl methyl sites for hydroxylation is 1. The highest BCUT2D eigenvalue weighted by atomic mass is 35.5. The van der Waals surface area contributed by atoms with E-state index in [0.717, 1.165) is 5.56 Å². The fourth-order valence-electron chi connectivity index (χ4n) is 1.87. The molecule has 0 saturated carbocycles. The molecule has 0 heterocycles. The van der Waals surface area contributed by atoms with Gasteiger partial charge in [0.15, 0.2) is 5.78 Å². The number of halogens is 1. The number of rotatable bonds is 4. The predicted octanol–water partition coefficient (Wildman–Crippen LogP) is 4.43. The van der Waals surface area contributed by atoms with Crippen LogP contribution in [0.4, 0.5) is 0 Å². The molecule has 0 aliphatic carbocycles. The molecule has 0 N–H and O–H groups in total. The van der Waals surface area contributed by atoms with Crippen LogP contribution in [-0.4, -0.2) is 5.78 Å². The molecule has 2 nitrogen and oxygen atoms in total. The van der Waals surface area contributed by atoms with Crippen LogP contribution >= 0.6 is 11.6 Å². The summed E-state index contributed by atoms with van der Waals surface area (Å²) in [7, 11) is 0. The molecular weight excluding hydrogens is 260 g/mol. The molecule has 2 rings (SSSR count). The number of carbonyl (C=O) groups excluding carboxylic acids is 1. The zero-order valence-corrected chi connectivity index (χ0v) is 11.7. The van der Waals surface area contributed by atoms with Crippen LogP contribution in [0.5, 0.6) is 5.75 Å². The van der Waals surface area contributed by atoms with Crippen LogP contribution in [0.3, 0.4) is 0 Å². The van der Waals surface area contributed by atoms with Crippen molar-refractivity contribution in [1.82, 2.24) is 0 Å². The van der Waals surface area contributed by atoms with E-state index in [2.05, 4.69) is 6.07 Å². The Hall–Kier alpha value is -1.80. The van der Waals surface area contributed by atoms with Crippen molar-refractivity contribution in [2.75, 3.05) is 0 Å². The number of ketones is 1. The molecule has 0 aliphatic heterocycles. The van der Waals surface area contributed by atoms with Crippen LogP contribution in [0.25, 0.3) is 0 Å². The van der Waals surface area contributed by atoms with E-state index in [1.807, 2.05) is 25.1 Å². The van der Waals surface area contributed by atoms with Crippen molar-refractivity contribution >= 4 is 17.4 Å². The molecule has 19 heavy (non-hydrogen) atoms. The van der Waals surface area contributed by atoms with Gasteiger partial charge in [0.05, 0.1) is 5.56 Å². The van der Waals surface area contributed by atoms with Crippen LogP contribution in [0.15, 0.2) is 42.5 Å². The van der Waals surface area contributed by atoms with Crippen molar-refractivity contribution in [3.05, 3.63) is 64.2 Å². The summed E-state index contributed by atoms with van der Waals surface area (Å²) in [6.45, 7) is 3.97. The summed E-state index contributed by atoms with van der Waals surface area (Å²) in [4.78, 5) is 11.5. The molecule has 0 saturated heterocycles. The van der Waals surface area contributed by atoms with E-state index < -0.39 is 0 Å². The van der Waals surface area contributed by atoms with Crippen molar-refractivity contribution in [1.29, 1.82) is 0 Å². The van der Waals surface area contributed by atoms with Gasteiger partial charge in [0, 0.05) is 5.02 Å². The molecule has 0 unspecified atom stereocenters. The third kappa shape index (κ3) is 3.58. The van der Waals surface area contributed by atoms with Gasteiger partial charge in [-0.2, -0.15) is 0 Å². The number of hydrogen-bond acceptors (Lipinski definition) is 2. The zero-order chi connectivity index (χ0) is 13.8. The minimum atomic E-state index is -0.0539. The Morgan fingerprint density at radius 2 is 2.00 bits per heavy atom. The summed E-state index contributed by atoms with van der Waals surface area (Å²) in [5.74, 6) is 0.514. The van der Waals surface area contributed by atoms with E-state index in [1.54, 1.807) is 18.2 Å². The van der Waals surface area contributed by atoms with Crippen molar-refractivity contribution < 1.29 is 9.53 Å². The number of hydrogen-bond donors (Lipinski definition) is 0. The lowest BCUT2D eigenvalue weighted by molar-refractivity contribution is 0.101. The highest BCUT2D eigenvalue weighted by Gasteiger charge is 2.09. The molecule has 98 valence electrons. The first-order valence-electron chi connectivity index (χ1n) is 6.05. The first-order chi connectivity index (χ1) is 9.06. The van der Waals surface area contributed by atoms with E-state index in [0.29, 0.717) is 22.9 Å². The number of benzene rings is 2. The average Bonchev–Trinajstić information content (AvgIpc) is 2.37. The number of carbonyl (C=O) groups is 1. The largest absolute Gasteiger partial charge is 0.488 e. The second-order valence-electron chi connectivity index (χ2n) is 4.47. The minimum absolute atomic E-state index is 0.0539. The van der Waals surface area contributed by atoms with Gasteiger partial charge in [-0.15, -0.1) is 0 Å². The Morgan fingerprint density at radius 1 is 1.21 bits per heavy atom. The molecule has 2 aromatic carbocycles. The van der Waals surface area contributed by atoms with Gasteiger partial charge in [-0.05, 0) is 37.6 Å². The molecule has 0 atom stereocenters. The van der Waals surface area contributed by atoms with Gasteiger partial charge >= 0.3 is 0 Å². The molecular formula is C16H15ClO2. The fraction of sp³-hybridized carbons (Fsp3) is 0.188. The molecule has 3 heteroatoms. The van der Waals surface area contributed by atoms with E-state index in [-0.39, 0.29) is 5.78 Å². The quantitative estimate of drug-likeness (QED) is 0.771. The van der Waals surface area contributed by atoms with Gasteiger partial charge in [0.2, 0.25) is 0 Å². The highest BCUT2D eigenvalue weighted by molar-refractivity contribution is 6.31. The fourth-order valence-corrected chi connectivity index (χ4v) is 2.04. The second kappa shape index (κ2) is 5.89. The molecule has 0 aliphatic rings. The zero-order valence-electron chi connectivity index (χ0n) is 10.9. The summed E-state index contributed by atoms with van der Waals surface area (Å²) < 4.78 is 5.72. The summed E-state index contributed by atoms with van der Waals surface area (Å²) in [6, 6.07) is 13.2. The van der Waals surface area contributed by atoms with Crippen molar-refractivity contribution in [2.45, 2.75) is 20.5 Å². The Kier molecular flexibility index (Phi) is 4.23. The van der Waals surface area contributed by atoms with Crippen LogP contribution in [0.1, 0.15) is 28.4 Å². The molecule has 2 aromatic rings. The Balaban J connectivity index is 2.17. The number of ether oxygens (including phenoxy) is 1. The molecule has 0 bridgehead atoms. The van der Waals surface area contributed by atoms with E-state index in [9.17, 15) is 4.79 Å². The van der Waals surface area contributed by atoms with Crippen molar-refractivity contribution in [2.24, 2.45) is 0 Å². The minimum Gasteiger partial charge on any atom is -0.488 e.